The highest BCUT2D eigenvalue weighted by atomic mass is 35.5. The number of carbonyl (C=O) groups excluding carboxylic acids is 10. The van der Waals surface area contributed by atoms with Crippen LogP contribution in [0.1, 0.15) is 131 Å². The highest BCUT2D eigenvalue weighted by Gasteiger charge is 2.33. The van der Waals surface area contributed by atoms with Crippen LogP contribution in [0.15, 0.2) is 181 Å². The first-order valence-corrected chi connectivity index (χ1v) is 42.5. The van der Waals surface area contributed by atoms with Gasteiger partial charge in [-0.1, -0.05) is 137 Å². The van der Waals surface area contributed by atoms with Crippen LogP contribution >= 0.6 is 23.4 Å². The van der Waals surface area contributed by atoms with E-state index in [1.807, 2.05) is 186 Å². The van der Waals surface area contributed by atoms with E-state index < -0.39 is 48.7 Å². The number of nitrogens with zero attached hydrogens (tertiary/aromatic N) is 3. The van der Waals surface area contributed by atoms with Crippen molar-refractivity contribution in [1.29, 1.82) is 0 Å². The maximum absolute atomic E-state index is 12.3. The average Bonchev–Trinajstić information content (AvgIpc) is 1.64. The Morgan fingerprint density at radius 1 is 0.523 bits per heavy atom. The third kappa shape index (κ3) is 36.4. The molecule has 0 saturated heterocycles. The second kappa shape index (κ2) is 54.9. The lowest BCUT2D eigenvalue weighted by Gasteiger charge is -2.17. The second-order valence-electron chi connectivity index (χ2n) is 29.3. The first-order chi connectivity index (χ1) is 60.8. The molecule has 0 atom stereocenters. The molecule has 0 saturated carbocycles. The standard InChI is InChI=1S/C16H23NO3.C14H18N4O3.C12H15NO3.C12H11NO2.C11H15NO3.C11H15NO2S.C10H12ClNO2.C9H11NO2/c1-6-7-15(18)17(5)16(19)20-14-9-12(4)8-13(10-14)11(2)3;1-3-4-9-15-13(19)18-11-8-6-5-7-10(11)16-12(18)17-14(20)21-2;1-12(2)7-8-5-4-6-9(10(8)16-12)15-11(14)13-3;1-13-12(14)15-11-8-4-6-9-5-2-3-7-10(9)11;1-8(2)14-9-6-4-5-7-10(9)15-11(13)12-3;1-7-5-9(14-11(13)12-3)6-8(2)10(7)15-4;1-6-4-8(11)9(5-7(6)2)14-10(13)12-3;1-7-4-3-5-8(6-7)12-9(11)10-2/h8-11H,6-7H2,1-5H3;5-8H,3-4,9H2,1-2H3,(H,15,19)(H,16,17,20);4-6H,7H2,1-3H3,(H,13,14);2-8H,1H3,(H,13,14);4-8H,1-3H3,(H,12,13);5-6H,1-4H3,(H,12,13);4-5H,1-3H3,(H,12,13);3-6H,1-2H3,(H,10,11). The fourth-order valence-corrected chi connectivity index (χ4v) is 12.3. The first kappa shape index (κ1) is 107. The van der Waals surface area contributed by atoms with Gasteiger partial charge in [0.05, 0.1) is 29.3 Å². The summed E-state index contributed by atoms with van der Waals surface area (Å²) in [5.74, 6) is 4.99. The molecule has 10 aromatic rings. The number of ether oxygens (including phenoxy) is 10. The number of benzene rings is 9. The maximum atomic E-state index is 12.3. The molecule has 0 radical (unpaired) electrons. The summed E-state index contributed by atoms with van der Waals surface area (Å²) in [5, 5.41) is 22.0. The van der Waals surface area contributed by atoms with E-state index in [2.05, 4.69) is 72.2 Å². The SMILES string of the molecule is CCCC(=O)N(C)C(=O)Oc1cc(C)cc(C(C)C)c1.CCCCNC(=O)n1c(NC(=O)OC)nc2ccccc21.CNC(=O)Oc1cc(C)c(C)cc1Cl.CNC(=O)Oc1cc(C)c(SC)c(C)c1.CNC(=O)Oc1cccc(C)c1.CNC(=O)Oc1cccc2c1OC(C)(C)C2.CNC(=O)Oc1cccc2ccccc12.CNC(=O)Oc1ccccc1OC(C)C. The fraction of sp³-hybridized carbons (Fsp3) is 0.337. The van der Waals surface area contributed by atoms with E-state index in [4.69, 9.17) is 54.2 Å². The van der Waals surface area contributed by atoms with Gasteiger partial charge in [0.1, 0.15) is 28.6 Å². The Morgan fingerprint density at radius 2 is 1.02 bits per heavy atom. The Balaban J connectivity index is 0.000000308. The molecule has 0 fully saturated rings. The zero-order valence-electron chi connectivity index (χ0n) is 76.9. The third-order valence-corrected chi connectivity index (χ3v) is 19.0. The number of para-hydroxylation sites is 5. The number of methoxy groups -OCH3 is 1. The number of unbranched alkanes of at least 4 members (excludes halogenated alkanes) is 1. The topological polar surface area (TPSA) is 380 Å². The Labute approximate surface area is 758 Å². The summed E-state index contributed by atoms with van der Waals surface area (Å²) in [5.41, 5.74) is 9.65. The number of aryl methyl sites for hydroxylation is 6. The molecular formula is C95H120ClN11O20S. The van der Waals surface area contributed by atoms with Gasteiger partial charge in [-0.25, -0.2) is 52.7 Å². The minimum atomic E-state index is -0.673. The van der Waals surface area contributed by atoms with Gasteiger partial charge < -0.3 is 84.6 Å². The number of aromatic nitrogens is 2. The summed E-state index contributed by atoms with van der Waals surface area (Å²) in [7, 11) is 11.8. The van der Waals surface area contributed by atoms with Crippen LogP contribution in [0.25, 0.3) is 21.8 Å². The third-order valence-electron chi connectivity index (χ3n) is 17.7. The fourth-order valence-electron chi connectivity index (χ4n) is 11.3. The lowest BCUT2D eigenvalue weighted by atomic mass is 10.0. The van der Waals surface area contributed by atoms with Gasteiger partial charge in [-0.05, 0) is 224 Å². The zero-order valence-corrected chi connectivity index (χ0v) is 78.5. The number of halogens is 1. The normalized spacial score (nSPS) is 10.8. The van der Waals surface area contributed by atoms with Crippen LogP contribution in [0.3, 0.4) is 0 Å². The molecule has 31 nitrogen and oxygen atoms in total. The highest BCUT2D eigenvalue weighted by Crippen LogP contribution is 2.42. The largest absolute Gasteiger partial charge is 0.487 e. The smallest absolute Gasteiger partial charge is 0.421 e. The molecule has 688 valence electrons. The molecule has 0 aliphatic carbocycles. The summed E-state index contributed by atoms with van der Waals surface area (Å²) < 4.78 is 52.6. The van der Waals surface area contributed by atoms with Crippen molar-refractivity contribution in [1.82, 2.24) is 51.7 Å². The molecule has 1 aliphatic heterocycles. The molecule has 1 aliphatic rings. The molecule has 2 heterocycles. The summed E-state index contributed by atoms with van der Waals surface area (Å²) in [6.07, 6.45) is 1.67. The van der Waals surface area contributed by atoms with E-state index in [1.54, 1.807) is 84.6 Å². The second-order valence-corrected chi connectivity index (χ2v) is 30.5. The predicted molar refractivity (Wildman–Crippen MR) is 500 cm³/mol. The Hall–Kier alpha value is -13.8. The minimum Gasteiger partial charge on any atom is -0.487 e. The minimum absolute atomic E-state index is 0.0411. The highest BCUT2D eigenvalue weighted by molar-refractivity contribution is 7.98. The number of amides is 10. The molecule has 1 aromatic heterocycles. The predicted octanol–water partition coefficient (Wildman–Crippen LogP) is 20.4. The molecule has 0 bridgehead atoms. The van der Waals surface area contributed by atoms with Crippen molar-refractivity contribution in [3.8, 4) is 51.7 Å². The van der Waals surface area contributed by atoms with Crippen molar-refractivity contribution >= 4 is 112 Å². The average molecular weight is 1800 g/mol. The first-order valence-electron chi connectivity index (χ1n) is 40.9. The van der Waals surface area contributed by atoms with Crippen molar-refractivity contribution in [2.24, 2.45) is 0 Å². The number of imidazole rings is 1. The molecule has 33 heteroatoms. The van der Waals surface area contributed by atoms with E-state index in [1.165, 1.54) is 65.9 Å². The number of rotatable bonds is 17. The Kier molecular flexibility index (Phi) is 45.7. The van der Waals surface area contributed by atoms with Crippen molar-refractivity contribution in [2.75, 3.05) is 74.6 Å². The molecule has 8 N–H and O–H groups in total. The molecule has 0 spiro atoms. The van der Waals surface area contributed by atoms with Crippen LogP contribution in [0.5, 0.6) is 51.7 Å². The number of fused-ring (bicyclic) bond motifs is 3. The lowest BCUT2D eigenvalue weighted by molar-refractivity contribution is -0.127. The summed E-state index contributed by atoms with van der Waals surface area (Å²) in [6, 6.07) is 53.1. The maximum Gasteiger partial charge on any atom is 0.421 e. The quantitative estimate of drug-likeness (QED) is 0.0310. The number of nitrogens with one attached hydrogen (secondary N) is 8. The number of thioether (sulfide) groups is 1. The van der Waals surface area contributed by atoms with Crippen molar-refractivity contribution in [2.45, 2.75) is 152 Å². The van der Waals surface area contributed by atoms with Crippen LogP contribution < -0.4 is 85.2 Å². The van der Waals surface area contributed by atoms with Crippen molar-refractivity contribution < 1.29 is 95.3 Å². The zero-order chi connectivity index (χ0) is 95.3. The van der Waals surface area contributed by atoms with Crippen LogP contribution in [0, 0.1) is 41.5 Å². The van der Waals surface area contributed by atoms with Crippen LogP contribution in [0.2, 0.25) is 5.02 Å². The van der Waals surface area contributed by atoms with Crippen LogP contribution in [-0.2, 0) is 16.0 Å². The number of carbonyl (C=O) groups is 10. The van der Waals surface area contributed by atoms with Gasteiger partial charge in [-0.3, -0.25) is 15.0 Å². The van der Waals surface area contributed by atoms with Crippen LogP contribution in [0.4, 0.5) is 49.1 Å². The van der Waals surface area contributed by atoms with Crippen LogP contribution in [-0.4, -0.2) is 156 Å². The molecular weight excluding hydrogens is 1680 g/mol. The van der Waals surface area contributed by atoms with Gasteiger partial charge in [0.15, 0.2) is 28.7 Å². The lowest BCUT2D eigenvalue weighted by Crippen LogP contribution is -2.35. The van der Waals surface area contributed by atoms with Crippen molar-refractivity contribution in [3.05, 3.63) is 225 Å². The monoisotopic (exact) mass is 1800 g/mol. The summed E-state index contributed by atoms with van der Waals surface area (Å²) in [6.45, 7) is 28.3. The number of imide groups is 1. The number of anilines is 1. The number of hydrogen-bond acceptors (Lipinski definition) is 22. The Morgan fingerprint density at radius 3 is 1.60 bits per heavy atom. The molecule has 0 unspecified atom stereocenters. The van der Waals surface area contributed by atoms with E-state index >= 15 is 0 Å². The molecule has 128 heavy (non-hydrogen) atoms. The van der Waals surface area contributed by atoms with Gasteiger partial charge in [0.25, 0.3) is 0 Å². The molecule has 10 amide bonds. The van der Waals surface area contributed by atoms with E-state index in [9.17, 15) is 47.9 Å². The van der Waals surface area contributed by atoms with Crippen molar-refractivity contribution in [3.63, 3.8) is 0 Å². The van der Waals surface area contributed by atoms with Gasteiger partial charge in [0, 0.05) is 84.6 Å². The Bertz CT molecular complexity index is 5340. The van der Waals surface area contributed by atoms with E-state index in [-0.39, 0.29) is 29.6 Å². The molecule has 11 rings (SSSR count). The summed E-state index contributed by atoms with van der Waals surface area (Å²) >= 11 is 7.60. The van der Waals surface area contributed by atoms with Gasteiger partial charge in [0.2, 0.25) is 11.9 Å². The number of hydrogen-bond donors (Lipinski definition) is 8. The summed E-state index contributed by atoms with van der Waals surface area (Å²) in [4.78, 5) is 120. The van der Waals surface area contributed by atoms with E-state index in [0.717, 1.165) is 79.4 Å². The van der Waals surface area contributed by atoms with Gasteiger partial charge >= 0.3 is 54.8 Å². The molecule has 9 aromatic carbocycles. The van der Waals surface area contributed by atoms with Gasteiger partial charge in [-0.2, -0.15) is 0 Å². The van der Waals surface area contributed by atoms with E-state index in [0.29, 0.717) is 93.1 Å². The van der Waals surface area contributed by atoms with Gasteiger partial charge in [-0.15, -0.1) is 11.8 Å².